The molecule has 5 heteroatoms. The Morgan fingerprint density at radius 3 is 2.81 bits per heavy atom. The van der Waals surface area contributed by atoms with Crippen molar-refractivity contribution in [1.29, 1.82) is 0 Å². The fraction of sp³-hybridized carbons (Fsp3) is 0.562. The SMILES string of the molecule is CC(CN)Nc1ccc2c(c1)CCN2C(=O)OC(C)(C)C. The van der Waals surface area contributed by atoms with E-state index >= 15 is 0 Å². The maximum atomic E-state index is 12.2. The van der Waals surface area contributed by atoms with Gasteiger partial charge in [0.15, 0.2) is 0 Å². The molecule has 0 spiro atoms. The monoisotopic (exact) mass is 291 g/mol. The lowest BCUT2D eigenvalue weighted by molar-refractivity contribution is 0.0584. The van der Waals surface area contributed by atoms with E-state index in [-0.39, 0.29) is 12.1 Å². The first-order chi connectivity index (χ1) is 9.80. The smallest absolute Gasteiger partial charge is 0.414 e. The first-order valence-corrected chi connectivity index (χ1v) is 7.40. The van der Waals surface area contributed by atoms with Gasteiger partial charge in [0.25, 0.3) is 0 Å². The molecule has 5 nitrogen and oxygen atoms in total. The molecule has 2 rings (SSSR count). The zero-order valence-electron chi connectivity index (χ0n) is 13.3. The van der Waals surface area contributed by atoms with Crippen LogP contribution in [0.1, 0.15) is 33.3 Å². The molecule has 1 aliphatic heterocycles. The van der Waals surface area contributed by atoms with Gasteiger partial charge in [0.2, 0.25) is 0 Å². The minimum Gasteiger partial charge on any atom is -0.443 e. The summed E-state index contributed by atoms with van der Waals surface area (Å²) in [7, 11) is 0. The maximum Gasteiger partial charge on any atom is 0.414 e. The number of hydrogen-bond donors (Lipinski definition) is 2. The molecule has 1 aliphatic rings. The molecule has 1 heterocycles. The topological polar surface area (TPSA) is 67.6 Å². The van der Waals surface area contributed by atoms with Crippen LogP contribution in [0.2, 0.25) is 0 Å². The van der Waals surface area contributed by atoms with Crippen LogP contribution in [0, 0.1) is 0 Å². The third kappa shape index (κ3) is 3.88. The Labute approximate surface area is 126 Å². The lowest BCUT2D eigenvalue weighted by Crippen LogP contribution is -2.35. The largest absolute Gasteiger partial charge is 0.443 e. The van der Waals surface area contributed by atoms with Gasteiger partial charge in [-0.15, -0.1) is 0 Å². The Morgan fingerprint density at radius 1 is 1.48 bits per heavy atom. The van der Waals surface area contributed by atoms with E-state index < -0.39 is 5.60 Å². The molecule has 1 atom stereocenters. The number of hydrogen-bond acceptors (Lipinski definition) is 4. The number of benzene rings is 1. The van der Waals surface area contributed by atoms with Gasteiger partial charge in [0.1, 0.15) is 5.60 Å². The Kier molecular flexibility index (Phi) is 4.42. The molecule has 1 amide bonds. The third-order valence-electron chi connectivity index (χ3n) is 3.36. The van der Waals surface area contributed by atoms with Crippen LogP contribution in [0.3, 0.4) is 0 Å². The quantitative estimate of drug-likeness (QED) is 0.898. The van der Waals surface area contributed by atoms with Gasteiger partial charge in [-0.25, -0.2) is 4.79 Å². The van der Waals surface area contributed by atoms with Crippen LogP contribution < -0.4 is 16.0 Å². The number of nitrogens with one attached hydrogen (secondary N) is 1. The number of carbonyl (C=O) groups excluding carboxylic acids is 1. The van der Waals surface area contributed by atoms with E-state index in [0.29, 0.717) is 13.1 Å². The van der Waals surface area contributed by atoms with Gasteiger partial charge in [-0.2, -0.15) is 0 Å². The molecule has 0 fully saturated rings. The van der Waals surface area contributed by atoms with E-state index in [2.05, 4.69) is 11.4 Å². The highest BCUT2D eigenvalue weighted by Gasteiger charge is 2.28. The summed E-state index contributed by atoms with van der Waals surface area (Å²) in [5.74, 6) is 0. The van der Waals surface area contributed by atoms with Gasteiger partial charge in [-0.3, -0.25) is 4.90 Å². The fourth-order valence-electron chi connectivity index (χ4n) is 2.34. The predicted molar refractivity (Wildman–Crippen MR) is 85.9 cm³/mol. The predicted octanol–water partition coefficient (Wildman–Crippen LogP) is 2.74. The lowest BCUT2D eigenvalue weighted by Gasteiger charge is -2.25. The van der Waals surface area contributed by atoms with Crippen LogP contribution in [0.15, 0.2) is 18.2 Å². The maximum absolute atomic E-state index is 12.2. The number of nitrogens with two attached hydrogens (primary N) is 1. The summed E-state index contributed by atoms with van der Waals surface area (Å²) in [6, 6.07) is 6.27. The van der Waals surface area contributed by atoms with Crippen LogP contribution >= 0.6 is 0 Å². The minimum atomic E-state index is -0.474. The molecule has 21 heavy (non-hydrogen) atoms. The highest BCUT2D eigenvalue weighted by Crippen LogP contribution is 2.31. The van der Waals surface area contributed by atoms with Crippen molar-refractivity contribution in [2.75, 3.05) is 23.3 Å². The van der Waals surface area contributed by atoms with Crippen molar-refractivity contribution in [2.45, 2.75) is 45.8 Å². The molecular weight excluding hydrogens is 266 g/mol. The number of ether oxygens (including phenoxy) is 1. The van der Waals surface area contributed by atoms with Crippen molar-refractivity contribution in [3.63, 3.8) is 0 Å². The van der Waals surface area contributed by atoms with Crippen LogP contribution in [0.4, 0.5) is 16.2 Å². The number of carbonyl (C=O) groups is 1. The van der Waals surface area contributed by atoms with Gasteiger partial charge in [0.05, 0.1) is 5.69 Å². The summed E-state index contributed by atoms with van der Waals surface area (Å²) in [6.07, 6.45) is 0.568. The van der Waals surface area contributed by atoms with E-state index in [1.807, 2.05) is 39.8 Å². The van der Waals surface area contributed by atoms with Gasteiger partial charge >= 0.3 is 6.09 Å². The molecule has 0 bridgehead atoms. The van der Waals surface area contributed by atoms with Crippen molar-refractivity contribution in [2.24, 2.45) is 5.73 Å². The summed E-state index contributed by atoms with van der Waals surface area (Å²) in [5.41, 5.74) is 8.29. The standard InChI is InChI=1S/C16H25N3O2/c1-11(10-17)18-13-5-6-14-12(9-13)7-8-19(14)15(20)21-16(2,3)4/h5-6,9,11,18H,7-8,10,17H2,1-4H3. The highest BCUT2D eigenvalue weighted by molar-refractivity contribution is 5.91. The van der Waals surface area contributed by atoms with Crippen molar-refractivity contribution in [3.8, 4) is 0 Å². The van der Waals surface area contributed by atoms with Crippen LogP contribution in [0.25, 0.3) is 0 Å². The van der Waals surface area contributed by atoms with Gasteiger partial charge in [0, 0.05) is 24.8 Å². The van der Waals surface area contributed by atoms with Crippen molar-refractivity contribution < 1.29 is 9.53 Å². The molecule has 0 aliphatic carbocycles. The van der Waals surface area contributed by atoms with Gasteiger partial charge in [-0.05, 0) is 57.9 Å². The summed E-state index contributed by atoms with van der Waals surface area (Å²) in [5, 5.41) is 3.34. The molecule has 1 unspecified atom stereocenters. The van der Waals surface area contributed by atoms with Crippen LogP contribution in [-0.4, -0.2) is 30.8 Å². The minimum absolute atomic E-state index is 0.228. The van der Waals surface area contributed by atoms with Crippen molar-refractivity contribution >= 4 is 17.5 Å². The molecule has 0 saturated heterocycles. The van der Waals surface area contributed by atoms with Gasteiger partial charge < -0.3 is 15.8 Å². The second kappa shape index (κ2) is 5.93. The summed E-state index contributed by atoms with van der Waals surface area (Å²) in [6.45, 7) is 8.93. The fourth-order valence-corrected chi connectivity index (χ4v) is 2.34. The first kappa shape index (κ1) is 15.6. The normalized spacial score (nSPS) is 15.6. The number of amides is 1. The molecule has 1 aromatic carbocycles. The molecular formula is C16H25N3O2. The lowest BCUT2D eigenvalue weighted by atomic mass is 10.1. The van der Waals surface area contributed by atoms with E-state index in [9.17, 15) is 4.79 Å². The molecule has 1 aromatic rings. The molecule has 0 saturated carbocycles. The highest BCUT2D eigenvalue weighted by atomic mass is 16.6. The molecule has 116 valence electrons. The molecule has 0 aromatic heterocycles. The van der Waals surface area contributed by atoms with Crippen LogP contribution in [-0.2, 0) is 11.2 Å². The summed E-state index contributed by atoms with van der Waals surface area (Å²) in [4.78, 5) is 13.9. The molecule has 3 N–H and O–H groups in total. The Hall–Kier alpha value is -1.75. The Bertz CT molecular complexity index is 523. The van der Waals surface area contributed by atoms with Gasteiger partial charge in [-0.1, -0.05) is 0 Å². The van der Waals surface area contributed by atoms with E-state index in [1.54, 1.807) is 4.90 Å². The number of nitrogens with zero attached hydrogens (tertiary/aromatic N) is 1. The zero-order valence-corrected chi connectivity index (χ0v) is 13.3. The zero-order chi connectivity index (χ0) is 15.6. The number of anilines is 2. The Morgan fingerprint density at radius 2 is 2.19 bits per heavy atom. The van der Waals surface area contributed by atoms with E-state index in [4.69, 9.17) is 10.5 Å². The summed E-state index contributed by atoms with van der Waals surface area (Å²) >= 11 is 0. The third-order valence-corrected chi connectivity index (χ3v) is 3.36. The average Bonchev–Trinajstić information content (AvgIpc) is 2.79. The number of fused-ring (bicyclic) bond motifs is 1. The molecule has 0 radical (unpaired) electrons. The van der Waals surface area contributed by atoms with Crippen molar-refractivity contribution in [3.05, 3.63) is 23.8 Å². The van der Waals surface area contributed by atoms with Crippen LogP contribution in [0.5, 0.6) is 0 Å². The van der Waals surface area contributed by atoms with E-state index in [0.717, 1.165) is 23.4 Å². The Balaban J connectivity index is 2.12. The van der Waals surface area contributed by atoms with E-state index in [1.165, 1.54) is 0 Å². The summed E-state index contributed by atoms with van der Waals surface area (Å²) < 4.78 is 5.45. The average molecular weight is 291 g/mol. The second-order valence-corrected chi connectivity index (χ2v) is 6.51. The van der Waals surface area contributed by atoms with Crippen molar-refractivity contribution in [1.82, 2.24) is 0 Å². The second-order valence-electron chi connectivity index (χ2n) is 6.51. The number of rotatable bonds is 3. The first-order valence-electron chi connectivity index (χ1n) is 7.40.